The smallest absolute Gasteiger partial charge is 0.324 e. The molecule has 9 heteroatoms. The summed E-state index contributed by atoms with van der Waals surface area (Å²) >= 11 is 6.05. The van der Waals surface area contributed by atoms with Crippen molar-refractivity contribution in [2.45, 2.75) is 0 Å². The van der Waals surface area contributed by atoms with E-state index in [-0.39, 0.29) is 11.4 Å². The van der Waals surface area contributed by atoms with Crippen molar-refractivity contribution in [3.05, 3.63) is 48.1 Å². The Bertz CT molecular complexity index is 1120. The number of hydrogen-bond acceptors (Lipinski definition) is 5. The van der Waals surface area contributed by atoms with Crippen LogP contribution in [-0.2, 0) is 0 Å². The van der Waals surface area contributed by atoms with Crippen LogP contribution in [0, 0.1) is 5.41 Å². The number of carbonyl (C=O) groups excluding carboxylic acids is 1. The third-order valence-electron chi connectivity index (χ3n) is 6.01. The molecule has 0 radical (unpaired) electrons. The van der Waals surface area contributed by atoms with Crippen LogP contribution in [0.1, 0.15) is 0 Å². The summed E-state index contributed by atoms with van der Waals surface area (Å²) in [7, 11) is 0. The van der Waals surface area contributed by atoms with Crippen LogP contribution in [0.25, 0.3) is 5.52 Å². The van der Waals surface area contributed by atoms with E-state index in [0.717, 1.165) is 43.2 Å². The van der Waals surface area contributed by atoms with E-state index >= 15 is 0 Å². The van der Waals surface area contributed by atoms with Crippen molar-refractivity contribution in [2.24, 2.45) is 5.41 Å². The lowest BCUT2D eigenvalue weighted by atomic mass is 9.73. The Kier molecular flexibility index (Phi) is 3.50. The van der Waals surface area contributed by atoms with Gasteiger partial charge in [-0.05, 0) is 12.1 Å². The van der Waals surface area contributed by atoms with Crippen LogP contribution in [-0.4, -0.2) is 64.6 Å². The average Bonchev–Trinajstić information content (AvgIpc) is 3.14. The highest BCUT2D eigenvalue weighted by Crippen LogP contribution is 2.43. The zero-order valence-corrected chi connectivity index (χ0v) is 16.4. The number of likely N-dealkylation sites (tertiary alicyclic amines) is 1. The molecule has 0 bridgehead atoms. The fraction of sp³-hybridized carbons (Fsp3) is 0.350. The lowest BCUT2D eigenvalue weighted by molar-refractivity contribution is 0.00940. The molecule has 1 spiro atoms. The lowest BCUT2D eigenvalue weighted by Gasteiger charge is -2.60. The average molecular weight is 411 g/mol. The number of aromatic nitrogens is 3. The van der Waals surface area contributed by atoms with Gasteiger partial charge in [-0.2, -0.15) is 0 Å². The number of nitrogens with zero attached hydrogens (tertiary/aromatic N) is 6. The molecule has 2 fully saturated rings. The number of amides is 2. The second-order valence-corrected chi connectivity index (χ2v) is 8.48. The number of urea groups is 1. The number of carbonyl (C=O) groups is 1. The van der Waals surface area contributed by atoms with Gasteiger partial charge in [-0.15, -0.1) is 0 Å². The van der Waals surface area contributed by atoms with E-state index in [0.29, 0.717) is 23.9 Å². The van der Waals surface area contributed by atoms with Gasteiger partial charge in [0.05, 0.1) is 24.8 Å². The maximum Gasteiger partial charge on any atom is 0.324 e. The Morgan fingerprint density at radius 2 is 2.07 bits per heavy atom. The highest BCUT2D eigenvalue weighted by Gasteiger charge is 2.54. The maximum atomic E-state index is 13.1. The first-order valence-corrected chi connectivity index (χ1v) is 10.0. The summed E-state index contributed by atoms with van der Waals surface area (Å²) in [6, 6.07) is 5.45. The Hall–Kier alpha value is -3.00. The molecule has 2 aromatic heterocycles. The normalized spacial score (nSPS) is 19.6. The van der Waals surface area contributed by atoms with Crippen molar-refractivity contribution >= 4 is 34.7 Å². The molecule has 0 saturated carbocycles. The number of fused-ring (bicyclic) bond motifs is 2. The zero-order chi connectivity index (χ0) is 19.6. The molecular formula is C20H19ClN6O2. The number of rotatable bonds is 1. The Morgan fingerprint density at radius 3 is 2.93 bits per heavy atom. The molecule has 8 nitrogen and oxygen atoms in total. The van der Waals surface area contributed by atoms with Gasteiger partial charge < -0.3 is 18.9 Å². The zero-order valence-electron chi connectivity index (χ0n) is 15.7. The third-order valence-corrected chi connectivity index (χ3v) is 6.25. The molecule has 5 heterocycles. The summed E-state index contributed by atoms with van der Waals surface area (Å²) in [4.78, 5) is 27.8. The fourth-order valence-electron chi connectivity index (χ4n) is 4.66. The molecule has 3 aliphatic rings. The van der Waals surface area contributed by atoms with E-state index in [2.05, 4.69) is 14.9 Å². The van der Waals surface area contributed by atoms with Crippen LogP contribution in [0.5, 0.6) is 5.75 Å². The number of imidazole rings is 1. The van der Waals surface area contributed by atoms with Gasteiger partial charge in [-0.3, -0.25) is 4.90 Å². The first-order chi connectivity index (χ1) is 14.1. The highest BCUT2D eigenvalue weighted by atomic mass is 35.5. The fourth-order valence-corrected chi connectivity index (χ4v) is 4.82. The molecule has 0 aliphatic carbocycles. The summed E-state index contributed by atoms with van der Waals surface area (Å²) in [6.45, 7) is 4.38. The van der Waals surface area contributed by atoms with Crippen LogP contribution in [0.4, 0.5) is 16.3 Å². The van der Waals surface area contributed by atoms with E-state index in [1.54, 1.807) is 29.6 Å². The quantitative estimate of drug-likeness (QED) is 0.616. The van der Waals surface area contributed by atoms with Crippen LogP contribution in [0.15, 0.2) is 43.1 Å². The topological polar surface area (TPSA) is 66.2 Å². The molecule has 0 N–H and O–H groups in total. The van der Waals surface area contributed by atoms with Gasteiger partial charge in [-0.1, -0.05) is 11.6 Å². The molecule has 0 unspecified atom stereocenters. The lowest BCUT2D eigenvalue weighted by Crippen LogP contribution is -2.74. The SMILES string of the molecule is O=C(N1CC2(C1)CN(c1nccn3cncc13)C2)N1CCOc2cc(Cl)ccc21. The molecule has 3 aliphatic heterocycles. The van der Waals surface area contributed by atoms with E-state index in [4.69, 9.17) is 16.3 Å². The van der Waals surface area contributed by atoms with Gasteiger partial charge in [0.25, 0.3) is 0 Å². The van der Waals surface area contributed by atoms with E-state index in [9.17, 15) is 4.79 Å². The first kappa shape index (κ1) is 16.9. The van der Waals surface area contributed by atoms with Crippen LogP contribution in [0.3, 0.4) is 0 Å². The predicted octanol–water partition coefficient (Wildman–Crippen LogP) is 2.52. The molecule has 148 valence electrons. The van der Waals surface area contributed by atoms with Crippen LogP contribution < -0.4 is 14.5 Å². The summed E-state index contributed by atoms with van der Waals surface area (Å²) in [5.74, 6) is 1.63. The van der Waals surface area contributed by atoms with Crippen LogP contribution in [0.2, 0.25) is 5.02 Å². The third kappa shape index (κ3) is 2.55. The molecule has 3 aromatic rings. The van der Waals surface area contributed by atoms with Crippen molar-refractivity contribution in [3.8, 4) is 5.75 Å². The molecule has 2 saturated heterocycles. The van der Waals surface area contributed by atoms with Crippen molar-refractivity contribution in [2.75, 3.05) is 49.1 Å². The number of ether oxygens (including phenoxy) is 1. The van der Waals surface area contributed by atoms with Gasteiger partial charge in [-0.25, -0.2) is 14.8 Å². The standard InChI is InChI=1S/C20H19ClN6O2/c21-14-1-2-15-17(7-14)29-6-5-27(15)19(28)26-11-20(12-26)9-25(10-20)18-16-8-22-13-24(16)4-3-23-18/h1-4,7-8,13H,5-6,9-12H2. The van der Waals surface area contributed by atoms with Gasteiger partial charge in [0, 0.05) is 55.1 Å². The van der Waals surface area contributed by atoms with Gasteiger partial charge in [0.2, 0.25) is 0 Å². The van der Waals surface area contributed by atoms with Crippen molar-refractivity contribution in [1.29, 1.82) is 0 Å². The minimum Gasteiger partial charge on any atom is -0.489 e. The van der Waals surface area contributed by atoms with E-state index in [1.165, 1.54) is 0 Å². The number of halogens is 1. The molecule has 29 heavy (non-hydrogen) atoms. The van der Waals surface area contributed by atoms with Crippen molar-refractivity contribution in [1.82, 2.24) is 19.3 Å². The number of hydrogen-bond donors (Lipinski definition) is 0. The maximum absolute atomic E-state index is 13.1. The Morgan fingerprint density at radius 1 is 1.21 bits per heavy atom. The molecule has 6 rings (SSSR count). The Labute approximate surface area is 172 Å². The largest absolute Gasteiger partial charge is 0.489 e. The summed E-state index contributed by atoms with van der Waals surface area (Å²) < 4.78 is 7.64. The van der Waals surface area contributed by atoms with E-state index < -0.39 is 0 Å². The van der Waals surface area contributed by atoms with E-state index in [1.807, 2.05) is 27.8 Å². The van der Waals surface area contributed by atoms with Crippen molar-refractivity contribution in [3.63, 3.8) is 0 Å². The van der Waals surface area contributed by atoms with Gasteiger partial charge in [0.15, 0.2) is 5.82 Å². The molecule has 1 aromatic carbocycles. The van der Waals surface area contributed by atoms with Crippen LogP contribution >= 0.6 is 11.6 Å². The monoisotopic (exact) mass is 410 g/mol. The summed E-state index contributed by atoms with van der Waals surface area (Å²) in [6.07, 6.45) is 7.32. The second kappa shape index (κ2) is 6.00. The summed E-state index contributed by atoms with van der Waals surface area (Å²) in [5.41, 5.74) is 1.97. The number of benzene rings is 1. The van der Waals surface area contributed by atoms with Gasteiger partial charge in [0.1, 0.15) is 17.9 Å². The minimum absolute atomic E-state index is 0.0389. The van der Waals surface area contributed by atoms with Crippen molar-refractivity contribution < 1.29 is 9.53 Å². The molecule has 2 amide bonds. The van der Waals surface area contributed by atoms with Gasteiger partial charge >= 0.3 is 6.03 Å². The minimum atomic E-state index is 0.0389. The molecular weight excluding hydrogens is 392 g/mol. The molecule has 0 atom stereocenters. The number of anilines is 2. The first-order valence-electron chi connectivity index (χ1n) is 9.62. The summed E-state index contributed by atoms with van der Waals surface area (Å²) in [5, 5.41) is 0.609. The highest BCUT2D eigenvalue weighted by molar-refractivity contribution is 6.30. The second-order valence-electron chi connectivity index (χ2n) is 8.04. The predicted molar refractivity (Wildman–Crippen MR) is 109 cm³/mol. The Balaban J connectivity index is 1.14.